The number of aliphatic carboxylic acids is 1. The summed E-state index contributed by atoms with van der Waals surface area (Å²) in [5, 5.41) is 8.30. The van der Waals surface area contributed by atoms with Gasteiger partial charge in [0.1, 0.15) is 0 Å². The lowest BCUT2D eigenvalue weighted by Crippen LogP contribution is -2.02. The lowest BCUT2D eigenvalue weighted by atomic mass is 9.90. The molecule has 0 atom stereocenters. The molecule has 0 unspecified atom stereocenters. The molecule has 0 amide bonds. The van der Waals surface area contributed by atoms with Crippen LogP contribution in [0.1, 0.15) is 32.1 Å². The molecule has 1 N–H and O–H groups in total. The predicted octanol–water partition coefficient (Wildman–Crippen LogP) is 2.21. The summed E-state index contributed by atoms with van der Waals surface area (Å²) in [7, 11) is 0. The number of hydrogen-bond acceptors (Lipinski definition) is 1. The van der Waals surface area contributed by atoms with Crippen molar-refractivity contribution in [3.63, 3.8) is 0 Å². The van der Waals surface area contributed by atoms with E-state index in [2.05, 4.69) is 11.8 Å². The summed E-state index contributed by atoms with van der Waals surface area (Å²) in [6.07, 6.45) is 8.70. The first-order valence-corrected chi connectivity index (χ1v) is 4.69. The Morgan fingerprint density at radius 1 is 1.31 bits per heavy atom. The van der Waals surface area contributed by atoms with E-state index in [0.717, 1.165) is 6.08 Å². The van der Waals surface area contributed by atoms with Gasteiger partial charge in [0, 0.05) is 12.0 Å². The number of carboxylic acids is 1. The quantitative estimate of drug-likeness (QED) is 0.493. The molecule has 1 fully saturated rings. The van der Waals surface area contributed by atoms with E-state index in [9.17, 15) is 4.79 Å². The van der Waals surface area contributed by atoms with Crippen LogP contribution in [0, 0.1) is 17.8 Å². The SMILES string of the molecule is O=C(O)/C=C\C#CC1CCCCC1. The molecule has 1 rings (SSSR count). The minimum absolute atomic E-state index is 0.493. The standard InChI is InChI=1S/C11H14O2/c12-11(13)9-5-4-8-10-6-2-1-3-7-10/h5,9-10H,1-3,6-7H2,(H,12,13)/b9-5-. The fraction of sp³-hybridized carbons (Fsp3) is 0.545. The Bertz CT molecular complexity index is 249. The van der Waals surface area contributed by atoms with Gasteiger partial charge in [-0.2, -0.15) is 0 Å². The van der Waals surface area contributed by atoms with Crippen LogP contribution < -0.4 is 0 Å². The van der Waals surface area contributed by atoms with Crippen LogP contribution in [0.3, 0.4) is 0 Å². The molecule has 1 aliphatic carbocycles. The maximum Gasteiger partial charge on any atom is 0.328 e. The Morgan fingerprint density at radius 2 is 2.00 bits per heavy atom. The zero-order valence-corrected chi connectivity index (χ0v) is 7.62. The van der Waals surface area contributed by atoms with Crippen LogP contribution in [0.4, 0.5) is 0 Å². The van der Waals surface area contributed by atoms with Crippen molar-refractivity contribution in [2.45, 2.75) is 32.1 Å². The highest BCUT2D eigenvalue weighted by Gasteiger charge is 2.09. The topological polar surface area (TPSA) is 37.3 Å². The highest BCUT2D eigenvalue weighted by molar-refractivity contribution is 5.80. The summed E-state index contributed by atoms with van der Waals surface area (Å²) in [5.41, 5.74) is 0. The first-order chi connectivity index (χ1) is 6.29. The fourth-order valence-corrected chi connectivity index (χ4v) is 1.53. The van der Waals surface area contributed by atoms with E-state index in [1.807, 2.05) is 0 Å². The largest absolute Gasteiger partial charge is 0.478 e. The Kier molecular flexibility index (Phi) is 4.11. The monoisotopic (exact) mass is 178 g/mol. The van der Waals surface area contributed by atoms with E-state index in [1.165, 1.54) is 38.2 Å². The van der Waals surface area contributed by atoms with Gasteiger partial charge in [-0.05, 0) is 18.9 Å². The number of rotatable bonds is 1. The van der Waals surface area contributed by atoms with Crippen molar-refractivity contribution in [1.82, 2.24) is 0 Å². The molecular formula is C11H14O2. The Hall–Kier alpha value is -1.23. The number of hydrogen-bond donors (Lipinski definition) is 1. The van der Waals surface area contributed by atoms with E-state index >= 15 is 0 Å². The molecule has 0 bridgehead atoms. The van der Waals surface area contributed by atoms with Crippen LogP contribution in [0.25, 0.3) is 0 Å². The maximum absolute atomic E-state index is 10.1. The van der Waals surface area contributed by atoms with Crippen molar-refractivity contribution >= 4 is 5.97 Å². The molecule has 0 aliphatic heterocycles. The van der Waals surface area contributed by atoms with Crippen LogP contribution >= 0.6 is 0 Å². The third-order valence-electron chi connectivity index (χ3n) is 2.20. The minimum atomic E-state index is -0.932. The predicted molar refractivity (Wildman–Crippen MR) is 51.1 cm³/mol. The van der Waals surface area contributed by atoms with E-state index < -0.39 is 5.97 Å². The minimum Gasteiger partial charge on any atom is -0.478 e. The lowest BCUT2D eigenvalue weighted by Gasteiger charge is -2.15. The zero-order chi connectivity index (χ0) is 9.52. The van der Waals surface area contributed by atoms with Gasteiger partial charge in [-0.15, -0.1) is 0 Å². The van der Waals surface area contributed by atoms with Gasteiger partial charge in [-0.25, -0.2) is 4.79 Å². The molecule has 70 valence electrons. The molecule has 2 heteroatoms. The molecule has 1 saturated carbocycles. The van der Waals surface area contributed by atoms with E-state index in [1.54, 1.807) is 0 Å². The molecule has 0 radical (unpaired) electrons. The van der Waals surface area contributed by atoms with Crippen LogP contribution in [0.5, 0.6) is 0 Å². The van der Waals surface area contributed by atoms with Crippen LogP contribution in [0.15, 0.2) is 12.2 Å². The molecule has 0 aromatic heterocycles. The van der Waals surface area contributed by atoms with Gasteiger partial charge in [-0.3, -0.25) is 0 Å². The molecular weight excluding hydrogens is 164 g/mol. The van der Waals surface area contributed by atoms with Gasteiger partial charge in [0.25, 0.3) is 0 Å². The van der Waals surface area contributed by atoms with Crippen molar-refractivity contribution in [2.75, 3.05) is 0 Å². The number of allylic oxidation sites excluding steroid dienone is 1. The maximum atomic E-state index is 10.1. The highest BCUT2D eigenvalue weighted by Crippen LogP contribution is 2.22. The number of carbonyl (C=O) groups is 1. The Morgan fingerprint density at radius 3 is 2.62 bits per heavy atom. The fourth-order valence-electron chi connectivity index (χ4n) is 1.53. The van der Waals surface area contributed by atoms with E-state index in [-0.39, 0.29) is 0 Å². The molecule has 0 aromatic carbocycles. The van der Waals surface area contributed by atoms with Crippen LogP contribution in [-0.2, 0) is 4.79 Å². The second-order valence-corrected chi connectivity index (χ2v) is 3.30. The number of carboxylic acid groups (broad SMARTS) is 1. The van der Waals surface area contributed by atoms with Gasteiger partial charge >= 0.3 is 5.97 Å². The normalized spacial score (nSPS) is 18.2. The van der Waals surface area contributed by atoms with Gasteiger partial charge in [0.05, 0.1) is 0 Å². The third kappa shape index (κ3) is 4.37. The zero-order valence-electron chi connectivity index (χ0n) is 7.62. The molecule has 1 aliphatic rings. The van der Waals surface area contributed by atoms with Crippen molar-refractivity contribution in [1.29, 1.82) is 0 Å². The van der Waals surface area contributed by atoms with Gasteiger partial charge in [-0.1, -0.05) is 31.1 Å². The van der Waals surface area contributed by atoms with Gasteiger partial charge < -0.3 is 5.11 Å². The molecule has 0 heterocycles. The first-order valence-electron chi connectivity index (χ1n) is 4.69. The van der Waals surface area contributed by atoms with Crippen molar-refractivity contribution in [2.24, 2.45) is 5.92 Å². The average Bonchev–Trinajstić information content (AvgIpc) is 2.14. The Labute approximate surface area is 78.6 Å². The van der Waals surface area contributed by atoms with Crippen molar-refractivity contribution in [3.8, 4) is 11.8 Å². The van der Waals surface area contributed by atoms with Gasteiger partial charge in [0.2, 0.25) is 0 Å². The van der Waals surface area contributed by atoms with Gasteiger partial charge in [0.15, 0.2) is 0 Å². The molecule has 0 spiro atoms. The van der Waals surface area contributed by atoms with E-state index in [4.69, 9.17) is 5.11 Å². The van der Waals surface area contributed by atoms with Crippen LogP contribution in [0.2, 0.25) is 0 Å². The van der Waals surface area contributed by atoms with E-state index in [0.29, 0.717) is 5.92 Å². The van der Waals surface area contributed by atoms with Crippen molar-refractivity contribution < 1.29 is 9.90 Å². The summed E-state index contributed by atoms with van der Waals surface area (Å²) < 4.78 is 0. The third-order valence-corrected chi connectivity index (χ3v) is 2.20. The second kappa shape index (κ2) is 5.42. The first kappa shape index (κ1) is 9.85. The summed E-state index contributed by atoms with van der Waals surface area (Å²) in [6, 6.07) is 0. The second-order valence-electron chi connectivity index (χ2n) is 3.30. The highest BCUT2D eigenvalue weighted by atomic mass is 16.4. The molecule has 0 aromatic rings. The average molecular weight is 178 g/mol. The molecule has 13 heavy (non-hydrogen) atoms. The molecule has 2 nitrogen and oxygen atoms in total. The summed E-state index contributed by atoms with van der Waals surface area (Å²) in [6.45, 7) is 0. The smallest absolute Gasteiger partial charge is 0.328 e. The summed E-state index contributed by atoms with van der Waals surface area (Å²) in [5.74, 6) is 5.41. The molecule has 0 saturated heterocycles. The van der Waals surface area contributed by atoms with Crippen LogP contribution in [-0.4, -0.2) is 11.1 Å². The summed E-state index contributed by atoms with van der Waals surface area (Å²) in [4.78, 5) is 10.1. The lowest BCUT2D eigenvalue weighted by molar-refractivity contribution is -0.131. The summed E-state index contributed by atoms with van der Waals surface area (Å²) >= 11 is 0. The van der Waals surface area contributed by atoms with Crippen molar-refractivity contribution in [3.05, 3.63) is 12.2 Å². The Balaban J connectivity index is 2.32.